The monoisotopic (exact) mass is 518 g/mol. The van der Waals surface area contributed by atoms with E-state index in [1.54, 1.807) is 20.0 Å². The molecule has 5 rings (SSSR count). The zero-order valence-corrected chi connectivity index (χ0v) is 22.8. The van der Waals surface area contributed by atoms with Crippen molar-refractivity contribution in [2.75, 3.05) is 18.5 Å². The van der Waals surface area contributed by atoms with E-state index in [1.165, 1.54) is 4.57 Å². The van der Waals surface area contributed by atoms with Crippen molar-refractivity contribution in [1.29, 1.82) is 0 Å². The quantitative estimate of drug-likeness (QED) is 0.342. The first-order valence-corrected chi connectivity index (χ1v) is 13.2. The molecule has 1 fully saturated rings. The second-order valence-corrected chi connectivity index (χ2v) is 10.8. The summed E-state index contributed by atoms with van der Waals surface area (Å²) in [6, 6.07) is 15.0. The van der Waals surface area contributed by atoms with Crippen LogP contribution in [0.5, 0.6) is 0 Å². The van der Waals surface area contributed by atoms with Crippen molar-refractivity contribution < 1.29 is 28.4 Å². The Labute approximate surface area is 223 Å². The standard InChI is InChI=1S/C29H35BN2O6/c1-7-35-26(33)23-24(30-37-28(3,4)29(5,6)38-30)19-14-9-11-15-21(19)31-25(23)20-17-32(27(34)36-8-2)22-16-12-10-13-18(20)22/h9-17,23-25,31H,7-8H2,1-6H3/t23-,24-,25-/m0/s1. The minimum Gasteiger partial charge on any atom is -0.466 e. The van der Waals surface area contributed by atoms with Crippen LogP contribution in [-0.2, 0) is 23.6 Å². The van der Waals surface area contributed by atoms with Gasteiger partial charge in [0, 0.05) is 28.7 Å². The Hall–Kier alpha value is -3.30. The van der Waals surface area contributed by atoms with Gasteiger partial charge in [0.2, 0.25) is 0 Å². The Kier molecular flexibility index (Phi) is 6.78. The van der Waals surface area contributed by atoms with Crippen LogP contribution in [-0.4, -0.2) is 48.2 Å². The van der Waals surface area contributed by atoms with Crippen LogP contribution in [0.4, 0.5) is 10.5 Å². The molecule has 0 bridgehead atoms. The number of anilines is 1. The lowest BCUT2D eigenvalue weighted by Crippen LogP contribution is -2.45. The molecule has 8 nitrogen and oxygen atoms in total. The van der Waals surface area contributed by atoms with E-state index in [2.05, 4.69) is 5.32 Å². The lowest BCUT2D eigenvalue weighted by atomic mass is 9.57. The number of carbonyl (C=O) groups is 2. The lowest BCUT2D eigenvalue weighted by Gasteiger charge is -2.40. The summed E-state index contributed by atoms with van der Waals surface area (Å²) in [5.74, 6) is -1.50. The molecule has 1 aromatic heterocycles. The van der Waals surface area contributed by atoms with Crippen LogP contribution in [0.1, 0.15) is 64.5 Å². The van der Waals surface area contributed by atoms with E-state index in [1.807, 2.05) is 76.2 Å². The number of fused-ring (bicyclic) bond motifs is 2. The number of carbonyl (C=O) groups excluding carboxylic acids is 2. The molecule has 3 aromatic rings. The van der Waals surface area contributed by atoms with Crippen molar-refractivity contribution in [3.05, 3.63) is 65.9 Å². The molecule has 2 aliphatic rings. The largest absolute Gasteiger partial charge is 0.466 e. The normalized spacial score (nSPS) is 23.5. The molecule has 200 valence electrons. The van der Waals surface area contributed by atoms with Crippen molar-refractivity contribution in [1.82, 2.24) is 4.57 Å². The van der Waals surface area contributed by atoms with Crippen LogP contribution in [0.15, 0.2) is 54.7 Å². The topological polar surface area (TPSA) is 88.0 Å². The second kappa shape index (κ2) is 9.78. The van der Waals surface area contributed by atoms with Gasteiger partial charge in [-0.2, -0.15) is 0 Å². The van der Waals surface area contributed by atoms with Crippen LogP contribution in [0.2, 0.25) is 0 Å². The SMILES string of the molecule is CCOC(=O)[C@@H]1[C@H](c2cn(C(=O)OCC)c3ccccc23)Nc2ccccc2[C@@H]1B1OC(C)(C)C(C)(C)O1. The number of nitrogens with one attached hydrogen (secondary N) is 1. The molecule has 0 aliphatic carbocycles. The summed E-state index contributed by atoms with van der Waals surface area (Å²) in [7, 11) is -0.682. The van der Waals surface area contributed by atoms with Gasteiger partial charge in [0.1, 0.15) is 0 Å². The first kappa shape index (κ1) is 26.3. The summed E-state index contributed by atoms with van der Waals surface area (Å²) in [5.41, 5.74) is 2.15. The summed E-state index contributed by atoms with van der Waals surface area (Å²) < 4.78 is 25.5. The van der Waals surface area contributed by atoms with E-state index >= 15 is 0 Å². The summed E-state index contributed by atoms with van der Waals surface area (Å²) in [4.78, 5) is 26.7. The van der Waals surface area contributed by atoms with Gasteiger partial charge in [0.15, 0.2) is 0 Å². The van der Waals surface area contributed by atoms with Gasteiger partial charge < -0.3 is 24.1 Å². The van der Waals surface area contributed by atoms with Crippen LogP contribution in [0.25, 0.3) is 10.9 Å². The predicted molar refractivity (Wildman–Crippen MR) is 146 cm³/mol. The summed E-state index contributed by atoms with van der Waals surface area (Å²) in [5, 5.41) is 4.44. The molecule has 9 heteroatoms. The third-order valence-electron chi connectivity index (χ3n) is 8.04. The van der Waals surface area contributed by atoms with E-state index in [4.69, 9.17) is 18.8 Å². The van der Waals surface area contributed by atoms with E-state index in [9.17, 15) is 9.59 Å². The third-order valence-corrected chi connectivity index (χ3v) is 8.04. The van der Waals surface area contributed by atoms with Gasteiger partial charge in [-0.3, -0.25) is 9.36 Å². The highest BCUT2D eigenvalue weighted by Crippen LogP contribution is 2.51. The molecular formula is C29H35BN2O6. The van der Waals surface area contributed by atoms with E-state index in [-0.39, 0.29) is 19.2 Å². The Morgan fingerprint density at radius 1 is 0.921 bits per heavy atom. The molecule has 0 spiro atoms. The highest BCUT2D eigenvalue weighted by molar-refractivity contribution is 6.48. The first-order chi connectivity index (χ1) is 18.1. The van der Waals surface area contributed by atoms with Gasteiger partial charge >= 0.3 is 19.2 Å². The molecule has 1 saturated heterocycles. The molecule has 2 aliphatic heterocycles. The van der Waals surface area contributed by atoms with Gasteiger partial charge in [-0.05, 0) is 59.2 Å². The number of benzene rings is 2. The van der Waals surface area contributed by atoms with E-state index in [0.717, 1.165) is 22.2 Å². The van der Waals surface area contributed by atoms with Crippen molar-refractivity contribution in [3.63, 3.8) is 0 Å². The lowest BCUT2D eigenvalue weighted by molar-refractivity contribution is -0.149. The number of rotatable bonds is 5. The molecule has 3 atom stereocenters. The predicted octanol–water partition coefficient (Wildman–Crippen LogP) is 5.71. The fourth-order valence-corrected chi connectivity index (χ4v) is 5.52. The average molecular weight is 518 g/mol. The van der Waals surface area contributed by atoms with Gasteiger partial charge in [-0.1, -0.05) is 36.4 Å². The smallest absolute Gasteiger partial charge is 0.466 e. The third kappa shape index (κ3) is 4.27. The number of esters is 1. The maximum Gasteiger partial charge on any atom is 0.466 e. The van der Waals surface area contributed by atoms with Gasteiger partial charge in [-0.15, -0.1) is 0 Å². The first-order valence-electron chi connectivity index (χ1n) is 13.2. The number of hydrogen-bond acceptors (Lipinski definition) is 7. The van der Waals surface area contributed by atoms with Gasteiger partial charge in [0.25, 0.3) is 0 Å². The van der Waals surface area contributed by atoms with Crippen LogP contribution < -0.4 is 5.32 Å². The van der Waals surface area contributed by atoms with Crippen LogP contribution in [0, 0.1) is 5.92 Å². The highest BCUT2D eigenvalue weighted by atomic mass is 16.7. The number of para-hydroxylation sites is 2. The Balaban J connectivity index is 1.70. The van der Waals surface area contributed by atoms with E-state index in [0.29, 0.717) is 5.52 Å². The zero-order valence-electron chi connectivity index (χ0n) is 22.8. The summed E-state index contributed by atoms with van der Waals surface area (Å²) >= 11 is 0. The van der Waals surface area contributed by atoms with E-state index < -0.39 is 42.2 Å². The minimum atomic E-state index is -0.694. The molecule has 2 aromatic carbocycles. The van der Waals surface area contributed by atoms with Crippen LogP contribution in [0.3, 0.4) is 0 Å². The fraction of sp³-hybridized carbons (Fsp3) is 0.448. The molecule has 3 heterocycles. The van der Waals surface area contributed by atoms with Gasteiger partial charge in [-0.25, -0.2) is 4.79 Å². The zero-order chi connectivity index (χ0) is 27.2. The maximum atomic E-state index is 13.8. The molecule has 0 unspecified atom stereocenters. The second-order valence-electron chi connectivity index (χ2n) is 10.8. The molecule has 0 radical (unpaired) electrons. The number of nitrogens with zero attached hydrogens (tertiary/aromatic N) is 1. The highest BCUT2D eigenvalue weighted by Gasteiger charge is 2.59. The van der Waals surface area contributed by atoms with Crippen LogP contribution >= 0.6 is 0 Å². The average Bonchev–Trinajstić information content (AvgIpc) is 3.36. The van der Waals surface area contributed by atoms with Gasteiger partial charge in [0.05, 0.1) is 41.9 Å². The van der Waals surface area contributed by atoms with Crippen molar-refractivity contribution in [2.45, 2.75) is 64.6 Å². The molecule has 38 heavy (non-hydrogen) atoms. The number of aromatic nitrogens is 1. The molecule has 0 amide bonds. The molecular weight excluding hydrogens is 483 g/mol. The Morgan fingerprint density at radius 3 is 2.24 bits per heavy atom. The molecule has 0 saturated carbocycles. The van der Waals surface area contributed by atoms with Crippen molar-refractivity contribution in [3.8, 4) is 0 Å². The molecule has 1 N–H and O–H groups in total. The number of ether oxygens (including phenoxy) is 2. The fourth-order valence-electron chi connectivity index (χ4n) is 5.52. The summed E-state index contributed by atoms with van der Waals surface area (Å²) in [6.45, 7) is 12.1. The Bertz CT molecular complexity index is 1350. The van der Waals surface area contributed by atoms with Crippen molar-refractivity contribution >= 4 is 35.8 Å². The maximum absolute atomic E-state index is 13.8. The Morgan fingerprint density at radius 2 is 1.55 bits per heavy atom. The number of hydrogen-bond donors (Lipinski definition) is 1. The summed E-state index contributed by atoms with van der Waals surface area (Å²) in [6.07, 6.45) is 1.29. The van der Waals surface area contributed by atoms with Crippen molar-refractivity contribution in [2.24, 2.45) is 5.92 Å². The minimum absolute atomic E-state index is 0.240.